The first-order valence-electron chi connectivity index (χ1n) is 7.96. The van der Waals surface area contributed by atoms with Gasteiger partial charge in [0, 0.05) is 0 Å². The van der Waals surface area contributed by atoms with Crippen molar-refractivity contribution >= 4 is 31.9 Å². The zero-order valence-corrected chi connectivity index (χ0v) is 18.2. The molecular formula is C19H28Br2N2O4. The summed E-state index contributed by atoms with van der Waals surface area (Å²) in [6.45, 7) is 6.13. The van der Waals surface area contributed by atoms with Gasteiger partial charge in [0.2, 0.25) is 0 Å². The first kappa shape index (κ1) is 26.1. The molecule has 0 bridgehead atoms. The Bertz CT molecular complexity index is 661. The SMILES string of the molecule is C.C[C@H](O)[C@](C)(O)c1cccc(Br)n1.C[C@H](O)[C@](C)(O)c1cccc(Br)n1. The lowest BCUT2D eigenvalue weighted by Gasteiger charge is -2.25. The summed E-state index contributed by atoms with van der Waals surface area (Å²) in [6.07, 6.45) is -1.71. The molecule has 27 heavy (non-hydrogen) atoms. The van der Waals surface area contributed by atoms with E-state index in [0.29, 0.717) is 20.6 Å². The van der Waals surface area contributed by atoms with Crippen LogP contribution in [0.3, 0.4) is 0 Å². The van der Waals surface area contributed by atoms with Gasteiger partial charge in [-0.05, 0) is 83.8 Å². The van der Waals surface area contributed by atoms with Crippen molar-refractivity contribution in [2.75, 3.05) is 0 Å². The van der Waals surface area contributed by atoms with E-state index < -0.39 is 23.4 Å². The van der Waals surface area contributed by atoms with Gasteiger partial charge in [-0.2, -0.15) is 0 Å². The van der Waals surface area contributed by atoms with Crippen LogP contribution in [0.2, 0.25) is 0 Å². The van der Waals surface area contributed by atoms with Crippen molar-refractivity contribution < 1.29 is 20.4 Å². The second kappa shape index (κ2) is 10.6. The van der Waals surface area contributed by atoms with Gasteiger partial charge >= 0.3 is 0 Å². The summed E-state index contributed by atoms with van der Waals surface area (Å²) in [5.41, 5.74) is -1.69. The van der Waals surface area contributed by atoms with Gasteiger partial charge in [0.25, 0.3) is 0 Å². The van der Waals surface area contributed by atoms with Crippen LogP contribution in [0.4, 0.5) is 0 Å². The van der Waals surface area contributed by atoms with E-state index in [1.165, 1.54) is 27.7 Å². The van der Waals surface area contributed by atoms with Crippen molar-refractivity contribution in [1.29, 1.82) is 0 Å². The van der Waals surface area contributed by atoms with Gasteiger partial charge < -0.3 is 20.4 Å². The minimum absolute atomic E-state index is 0. The van der Waals surface area contributed by atoms with Gasteiger partial charge in [-0.25, -0.2) is 9.97 Å². The van der Waals surface area contributed by atoms with E-state index in [2.05, 4.69) is 41.8 Å². The van der Waals surface area contributed by atoms with Crippen molar-refractivity contribution in [2.45, 2.75) is 58.5 Å². The van der Waals surface area contributed by atoms with Crippen LogP contribution in [-0.2, 0) is 11.2 Å². The Labute approximate surface area is 177 Å². The predicted molar refractivity (Wildman–Crippen MR) is 113 cm³/mol. The fraction of sp³-hybridized carbons (Fsp3) is 0.474. The molecule has 0 aliphatic rings. The molecule has 4 atom stereocenters. The summed E-state index contributed by atoms with van der Waals surface area (Å²) >= 11 is 6.40. The third kappa shape index (κ3) is 7.21. The molecule has 4 N–H and O–H groups in total. The summed E-state index contributed by atoms with van der Waals surface area (Å²) in [6, 6.07) is 10.4. The summed E-state index contributed by atoms with van der Waals surface area (Å²) < 4.78 is 1.29. The topological polar surface area (TPSA) is 107 Å². The van der Waals surface area contributed by atoms with Crippen molar-refractivity contribution in [3.63, 3.8) is 0 Å². The van der Waals surface area contributed by atoms with Gasteiger partial charge in [0.1, 0.15) is 20.4 Å². The molecule has 8 heteroatoms. The van der Waals surface area contributed by atoms with Crippen molar-refractivity contribution in [2.24, 2.45) is 0 Å². The monoisotopic (exact) mass is 506 g/mol. The van der Waals surface area contributed by atoms with E-state index in [-0.39, 0.29) is 7.43 Å². The van der Waals surface area contributed by atoms with Gasteiger partial charge in [-0.15, -0.1) is 0 Å². The molecule has 0 unspecified atom stereocenters. The molecule has 0 spiro atoms. The number of rotatable bonds is 4. The Kier molecular flexibility index (Phi) is 10.2. The Morgan fingerprint density at radius 2 is 1.07 bits per heavy atom. The van der Waals surface area contributed by atoms with E-state index in [1.54, 1.807) is 36.4 Å². The lowest BCUT2D eigenvalue weighted by Crippen LogP contribution is -2.35. The van der Waals surface area contributed by atoms with E-state index in [1.807, 2.05) is 0 Å². The molecule has 0 saturated heterocycles. The second-order valence-corrected chi connectivity index (χ2v) is 7.96. The van der Waals surface area contributed by atoms with Crippen molar-refractivity contribution in [3.8, 4) is 0 Å². The average molecular weight is 508 g/mol. The third-order valence-electron chi connectivity index (χ3n) is 4.09. The zero-order valence-electron chi connectivity index (χ0n) is 15.1. The van der Waals surface area contributed by atoms with Crippen LogP contribution in [0.25, 0.3) is 0 Å². The van der Waals surface area contributed by atoms with Crippen molar-refractivity contribution in [1.82, 2.24) is 9.97 Å². The van der Waals surface area contributed by atoms with Gasteiger partial charge in [0.15, 0.2) is 0 Å². The van der Waals surface area contributed by atoms with Gasteiger partial charge in [0.05, 0.1) is 23.6 Å². The highest BCUT2D eigenvalue weighted by molar-refractivity contribution is 9.10. The lowest BCUT2D eigenvalue weighted by molar-refractivity contribution is -0.0601. The van der Waals surface area contributed by atoms with E-state index in [9.17, 15) is 20.4 Å². The first-order valence-corrected chi connectivity index (χ1v) is 9.54. The summed E-state index contributed by atoms with van der Waals surface area (Å²) in [4.78, 5) is 8.15. The Balaban J connectivity index is 0.000000483. The van der Waals surface area contributed by atoms with E-state index >= 15 is 0 Å². The highest BCUT2D eigenvalue weighted by atomic mass is 79.9. The molecule has 152 valence electrons. The molecule has 0 saturated carbocycles. The number of hydrogen-bond donors (Lipinski definition) is 4. The smallest absolute Gasteiger partial charge is 0.129 e. The van der Waals surface area contributed by atoms with Crippen LogP contribution in [0, 0.1) is 0 Å². The highest BCUT2D eigenvalue weighted by Crippen LogP contribution is 2.24. The fourth-order valence-corrected chi connectivity index (χ4v) is 2.50. The van der Waals surface area contributed by atoms with Crippen LogP contribution in [-0.4, -0.2) is 42.6 Å². The molecule has 2 rings (SSSR count). The number of pyridine rings is 2. The first-order chi connectivity index (χ1) is 11.9. The largest absolute Gasteiger partial charge is 0.390 e. The normalized spacial score (nSPS) is 17.3. The van der Waals surface area contributed by atoms with E-state index in [4.69, 9.17) is 0 Å². The molecule has 0 aliphatic carbocycles. The van der Waals surface area contributed by atoms with Crippen LogP contribution in [0.5, 0.6) is 0 Å². The minimum Gasteiger partial charge on any atom is -0.390 e. The van der Waals surface area contributed by atoms with Crippen LogP contribution in [0.1, 0.15) is 46.5 Å². The number of aliphatic hydroxyl groups is 4. The molecule has 2 aromatic rings. The van der Waals surface area contributed by atoms with Crippen LogP contribution in [0.15, 0.2) is 45.6 Å². The quantitative estimate of drug-likeness (QED) is 0.472. The molecule has 0 radical (unpaired) electrons. The van der Waals surface area contributed by atoms with Crippen LogP contribution < -0.4 is 0 Å². The second-order valence-electron chi connectivity index (χ2n) is 6.34. The molecule has 6 nitrogen and oxygen atoms in total. The average Bonchev–Trinajstić information content (AvgIpc) is 2.55. The molecule has 0 aromatic carbocycles. The molecule has 0 amide bonds. The summed E-state index contributed by atoms with van der Waals surface area (Å²) in [5, 5.41) is 38.3. The number of nitrogens with zero attached hydrogens (tertiary/aromatic N) is 2. The molecule has 2 heterocycles. The Morgan fingerprint density at radius 3 is 1.30 bits per heavy atom. The third-order valence-corrected chi connectivity index (χ3v) is 4.98. The maximum absolute atomic E-state index is 9.85. The Hall–Kier alpha value is -0.900. The fourth-order valence-electron chi connectivity index (χ4n) is 1.81. The highest BCUT2D eigenvalue weighted by Gasteiger charge is 2.31. The standard InChI is InChI=1S/2C9H12BrNO2.CH4/c2*1-6(12)9(2,13)7-4-3-5-8(10)11-7;/h2*3-6,12-13H,1-2H3;1H4/t2*6-,9-;/m00./s1. The predicted octanol–water partition coefficient (Wildman–Crippen LogP) is 3.50. The molecule has 0 fully saturated rings. The van der Waals surface area contributed by atoms with Crippen LogP contribution >= 0.6 is 31.9 Å². The molecule has 0 aliphatic heterocycles. The molecule has 2 aromatic heterocycles. The number of hydrogen-bond acceptors (Lipinski definition) is 6. The van der Waals surface area contributed by atoms with E-state index in [0.717, 1.165) is 0 Å². The maximum atomic E-state index is 9.85. The maximum Gasteiger partial charge on any atom is 0.129 e. The van der Waals surface area contributed by atoms with Crippen molar-refractivity contribution in [3.05, 3.63) is 57.0 Å². The van der Waals surface area contributed by atoms with Gasteiger partial charge in [-0.1, -0.05) is 19.6 Å². The Morgan fingerprint density at radius 1 is 0.778 bits per heavy atom. The van der Waals surface area contributed by atoms with Gasteiger partial charge in [-0.3, -0.25) is 0 Å². The minimum atomic E-state index is -1.30. The zero-order chi connectivity index (χ0) is 20.1. The summed E-state index contributed by atoms with van der Waals surface area (Å²) in [7, 11) is 0. The number of aromatic nitrogens is 2. The molecular weight excluding hydrogens is 480 g/mol. The lowest BCUT2D eigenvalue weighted by atomic mass is 9.96. The summed E-state index contributed by atoms with van der Waals surface area (Å²) in [5.74, 6) is 0. The number of aliphatic hydroxyl groups excluding tert-OH is 2. The number of halogens is 2.